The lowest BCUT2D eigenvalue weighted by Crippen LogP contribution is -2.39. The molecule has 28 heavy (non-hydrogen) atoms. The smallest absolute Gasteiger partial charge is 0.105 e. The zero-order valence-corrected chi connectivity index (χ0v) is 17.7. The first-order valence-electron chi connectivity index (χ1n) is 10.3. The summed E-state index contributed by atoms with van der Waals surface area (Å²) in [5.41, 5.74) is 6.53. The quantitative estimate of drug-likeness (QED) is 0.560. The monoisotopic (exact) mass is 381 g/mol. The molecule has 2 aliphatic rings. The molecule has 3 heteroatoms. The normalized spacial score (nSPS) is 28.1. The molecule has 2 aliphatic carbocycles. The van der Waals surface area contributed by atoms with Crippen LogP contribution in [0.1, 0.15) is 63.1 Å². The van der Waals surface area contributed by atoms with E-state index in [9.17, 15) is 0 Å². The van der Waals surface area contributed by atoms with Gasteiger partial charge in [-0.25, -0.2) is 4.39 Å². The second-order valence-electron chi connectivity index (χ2n) is 8.32. The van der Waals surface area contributed by atoms with E-state index >= 15 is 4.39 Å². The zero-order valence-electron chi connectivity index (χ0n) is 17.7. The van der Waals surface area contributed by atoms with Crippen LogP contribution < -0.4 is 0 Å². The van der Waals surface area contributed by atoms with Crippen molar-refractivity contribution in [3.05, 3.63) is 64.0 Å². The van der Waals surface area contributed by atoms with Gasteiger partial charge in [0.1, 0.15) is 5.83 Å². The summed E-state index contributed by atoms with van der Waals surface area (Å²) >= 11 is 0. The van der Waals surface area contributed by atoms with E-state index < -0.39 is 5.41 Å². The van der Waals surface area contributed by atoms with Gasteiger partial charge in [-0.05, 0) is 73.4 Å². The van der Waals surface area contributed by atoms with Gasteiger partial charge in [0.25, 0.3) is 0 Å². The van der Waals surface area contributed by atoms with Crippen molar-refractivity contribution in [1.29, 1.82) is 5.41 Å². The molecule has 0 radical (unpaired) electrons. The summed E-state index contributed by atoms with van der Waals surface area (Å²) in [6.07, 6.45) is 8.94. The highest BCUT2D eigenvalue weighted by molar-refractivity contribution is 5.87. The summed E-state index contributed by atoms with van der Waals surface area (Å²) in [5.74, 6) is 0.0518. The van der Waals surface area contributed by atoms with Crippen molar-refractivity contribution in [2.45, 2.75) is 59.5 Å². The third-order valence-corrected chi connectivity index (χ3v) is 7.01. The summed E-state index contributed by atoms with van der Waals surface area (Å²) in [6.45, 7) is 8.25. The van der Waals surface area contributed by atoms with Crippen LogP contribution in [0.4, 0.5) is 4.39 Å². The van der Waals surface area contributed by atoms with E-state index in [1.807, 2.05) is 32.1 Å². The molecule has 0 saturated carbocycles. The molecule has 0 aromatic heterocycles. The summed E-state index contributed by atoms with van der Waals surface area (Å²) in [4.78, 5) is 0. The molecule has 3 rings (SSSR count). The highest BCUT2D eigenvalue weighted by Crippen LogP contribution is 2.48. The third kappa shape index (κ3) is 3.41. The largest absolute Gasteiger partial charge is 0.380 e. The Hall–Kier alpha value is -2.00. The fraction of sp³-hybridized carbons (Fsp3) is 0.480. The van der Waals surface area contributed by atoms with Crippen LogP contribution in [-0.2, 0) is 4.74 Å². The second kappa shape index (κ2) is 8.16. The SMILES string of the molecule is CCC1(C)C(F)=CC(C2=C(C)C(c3cccc(C=N)c3C)=CCC2)CC1OC. The van der Waals surface area contributed by atoms with Gasteiger partial charge in [0.05, 0.1) is 6.10 Å². The highest BCUT2D eigenvalue weighted by atomic mass is 19.1. The molecule has 0 heterocycles. The molecule has 0 spiro atoms. The summed E-state index contributed by atoms with van der Waals surface area (Å²) in [6, 6.07) is 6.12. The Labute approximate surface area is 168 Å². The maximum absolute atomic E-state index is 15.1. The number of benzene rings is 1. The Balaban J connectivity index is 2.03. The van der Waals surface area contributed by atoms with Crippen LogP contribution in [0.3, 0.4) is 0 Å². The summed E-state index contributed by atoms with van der Waals surface area (Å²) < 4.78 is 20.8. The average molecular weight is 382 g/mol. The molecule has 1 aromatic rings. The lowest BCUT2D eigenvalue weighted by molar-refractivity contribution is -0.0156. The molecule has 1 aromatic carbocycles. The number of allylic oxidation sites excluding steroid dienone is 5. The van der Waals surface area contributed by atoms with E-state index in [1.165, 1.54) is 28.5 Å². The van der Waals surface area contributed by atoms with E-state index in [-0.39, 0.29) is 17.8 Å². The van der Waals surface area contributed by atoms with Crippen molar-refractivity contribution in [3.8, 4) is 0 Å². The number of rotatable bonds is 5. The predicted molar refractivity (Wildman–Crippen MR) is 115 cm³/mol. The van der Waals surface area contributed by atoms with Gasteiger partial charge in [-0.1, -0.05) is 43.7 Å². The van der Waals surface area contributed by atoms with Crippen molar-refractivity contribution < 1.29 is 9.13 Å². The Morgan fingerprint density at radius 1 is 1.32 bits per heavy atom. The second-order valence-corrected chi connectivity index (χ2v) is 8.32. The van der Waals surface area contributed by atoms with Crippen LogP contribution in [0.25, 0.3) is 5.57 Å². The standard InChI is InChI=1S/C25H32FNO/c1-6-25(4)23(26)13-19(14-24(25)28-5)20-10-8-12-22(17(20)3)21-11-7-9-18(15-27)16(21)2/h7,9,11-13,15,19,24,27H,6,8,10,14H2,1-5H3. The van der Waals surface area contributed by atoms with Gasteiger partial charge < -0.3 is 10.1 Å². The highest BCUT2D eigenvalue weighted by Gasteiger charge is 2.43. The van der Waals surface area contributed by atoms with E-state index in [1.54, 1.807) is 7.11 Å². The zero-order chi connectivity index (χ0) is 20.5. The molecule has 0 fully saturated rings. The van der Waals surface area contributed by atoms with E-state index in [4.69, 9.17) is 10.1 Å². The average Bonchev–Trinajstić information content (AvgIpc) is 2.70. The van der Waals surface area contributed by atoms with Crippen LogP contribution in [0, 0.1) is 23.7 Å². The molecule has 1 N–H and O–H groups in total. The summed E-state index contributed by atoms with van der Waals surface area (Å²) in [5, 5.41) is 7.65. The Bertz CT molecular complexity index is 863. The molecule has 0 bridgehead atoms. The minimum absolute atomic E-state index is 0.0310. The maximum atomic E-state index is 15.1. The molecular formula is C25H32FNO. The first-order chi connectivity index (χ1) is 13.4. The number of hydrogen-bond acceptors (Lipinski definition) is 2. The number of hydrogen-bond donors (Lipinski definition) is 1. The molecule has 3 unspecified atom stereocenters. The minimum Gasteiger partial charge on any atom is -0.380 e. The van der Waals surface area contributed by atoms with Gasteiger partial charge in [0.2, 0.25) is 0 Å². The van der Waals surface area contributed by atoms with E-state index in [2.05, 4.69) is 26.0 Å². The molecule has 0 amide bonds. The van der Waals surface area contributed by atoms with Crippen LogP contribution in [0.5, 0.6) is 0 Å². The Morgan fingerprint density at radius 2 is 2.07 bits per heavy atom. The lowest BCUT2D eigenvalue weighted by Gasteiger charge is -2.41. The first kappa shape index (κ1) is 20.7. The maximum Gasteiger partial charge on any atom is 0.105 e. The fourth-order valence-corrected chi connectivity index (χ4v) is 4.84. The fourth-order valence-electron chi connectivity index (χ4n) is 4.84. The molecule has 3 atom stereocenters. The lowest BCUT2D eigenvalue weighted by atomic mass is 9.68. The van der Waals surface area contributed by atoms with Crippen molar-refractivity contribution in [2.75, 3.05) is 7.11 Å². The van der Waals surface area contributed by atoms with Crippen molar-refractivity contribution in [1.82, 2.24) is 0 Å². The van der Waals surface area contributed by atoms with Crippen LogP contribution in [0.2, 0.25) is 0 Å². The van der Waals surface area contributed by atoms with Crippen LogP contribution in [0.15, 0.2) is 47.3 Å². The van der Waals surface area contributed by atoms with Gasteiger partial charge in [0.15, 0.2) is 0 Å². The molecule has 150 valence electrons. The van der Waals surface area contributed by atoms with Crippen molar-refractivity contribution >= 4 is 11.8 Å². The third-order valence-electron chi connectivity index (χ3n) is 7.01. The molecular weight excluding hydrogens is 349 g/mol. The predicted octanol–water partition coefficient (Wildman–Crippen LogP) is 6.79. The number of halogens is 1. The van der Waals surface area contributed by atoms with E-state index in [0.717, 1.165) is 36.8 Å². The van der Waals surface area contributed by atoms with Crippen LogP contribution in [-0.4, -0.2) is 19.4 Å². The van der Waals surface area contributed by atoms with Gasteiger partial charge >= 0.3 is 0 Å². The number of methoxy groups -OCH3 is 1. The number of nitrogens with one attached hydrogen (secondary N) is 1. The van der Waals surface area contributed by atoms with Gasteiger partial charge in [0, 0.05) is 24.7 Å². The van der Waals surface area contributed by atoms with Crippen LogP contribution >= 0.6 is 0 Å². The summed E-state index contributed by atoms with van der Waals surface area (Å²) in [7, 11) is 1.70. The topological polar surface area (TPSA) is 33.1 Å². The minimum atomic E-state index is -0.526. The number of ether oxygens (including phenoxy) is 1. The Kier molecular flexibility index (Phi) is 6.04. The van der Waals surface area contributed by atoms with Crippen molar-refractivity contribution in [2.24, 2.45) is 11.3 Å². The molecule has 2 nitrogen and oxygen atoms in total. The van der Waals surface area contributed by atoms with E-state index in [0.29, 0.717) is 0 Å². The first-order valence-corrected chi connectivity index (χ1v) is 10.3. The van der Waals surface area contributed by atoms with Crippen molar-refractivity contribution in [3.63, 3.8) is 0 Å². The Morgan fingerprint density at radius 3 is 2.71 bits per heavy atom. The van der Waals surface area contributed by atoms with Gasteiger partial charge in [-0.15, -0.1) is 0 Å². The van der Waals surface area contributed by atoms with Gasteiger partial charge in [-0.3, -0.25) is 0 Å². The molecule has 0 saturated heterocycles. The molecule has 0 aliphatic heterocycles. The van der Waals surface area contributed by atoms with Gasteiger partial charge in [-0.2, -0.15) is 0 Å².